The summed E-state index contributed by atoms with van der Waals surface area (Å²) in [7, 11) is 0. The molecule has 7 heteroatoms. The Labute approximate surface area is 132 Å². The molecule has 4 N–H and O–H groups in total. The molecule has 0 aliphatic carbocycles. The van der Waals surface area contributed by atoms with Crippen LogP contribution in [-0.4, -0.2) is 34.5 Å². The summed E-state index contributed by atoms with van der Waals surface area (Å²) in [5, 5.41) is 14.0. The number of rotatable bonds is 8. The van der Waals surface area contributed by atoms with Gasteiger partial charge in [0.2, 0.25) is 17.7 Å². The minimum absolute atomic E-state index is 0.101. The first-order chi connectivity index (χ1) is 10.1. The van der Waals surface area contributed by atoms with E-state index in [1.165, 1.54) is 5.48 Å². The van der Waals surface area contributed by atoms with Gasteiger partial charge in [-0.25, -0.2) is 5.48 Å². The number of carbonyl (C=O) groups excluding carboxylic acids is 3. The molecule has 3 amide bonds. The summed E-state index contributed by atoms with van der Waals surface area (Å²) in [5.74, 6) is -1.80. The molecule has 0 fully saturated rings. The number of nitrogens with one attached hydrogen (secondary N) is 3. The van der Waals surface area contributed by atoms with Crippen LogP contribution in [0.2, 0.25) is 0 Å². The van der Waals surface area contributed by atoms with Crippen molar-refractivity contribution in [3.8, 4) is 0 Å². The highest BCUT2D eigenvalue weighted by Gasteiger charge is 2.26. The Balaban J connectivity index is 4.65. The molecule has 0 saturated carbocycles. The molecule has 0 aliphatic rings. The maximum Gasteiger partial charge on any atom is 0.244 e. The van der Waals surface area contributed by atoms with Gasteiger partial charge in [-0.05, 0) is 34.1 Å². The van der Waals surface area contributed by atoms with Crippen LogP contribution < -0.4 is 16.1 Å². The third-order valence-corrected chi connectivity index (χ3v) is 3.08. The smallest absolute Gasteiger partial charge is 0.244 e. The average Bonchev–Trinajstić information content (AvgIpc) is 2.40. The van der Waals surface area contributed by atoms with Gasteiger partial charge in [-0.1, -0.05) is 19.8 Å². The van der Waals surface area contributed by atoms with Gasteiger partial charge in [-0.2, -0.15) is 0 Å². The number of carbonyl (C=O) groups is 3. The highest BCUT2D eigenvalue weighted by molar-refractivity contribution is 5.90. The number of hydrogen-bond donors (Lipinski definition) is 4. The van der Waals surface area contributed by atoms with E-state index in [0.29, 0.717) is 6.42 Å². The van der Waals surface area contributed by atoms with E-state index in [-0.39, 0.29) is 23.8 Å². The quantitative estimate of drug-likeness (QED) is 0.397. The number of hydroxylamine groups is 1. The Hall–Kier alpha value is -1.63. The standard InChI is InChI=1S/C15H29N3O4/c1-6-7-8-11(9-12(19)18-22)14(21)16-10(2)13(20)17-15(3,4)5/h10-11,22H,6-9H2,1-5H3,(H,16,21)(H,17,20)(H,18,19)/t10?,11-/m1/s1. The second-order valence-electron chi connectivity index (χ2n) is 6.55. The lowest BCUT2D eigenvalue weighted by molar-refractivity contribution is -0.136. The summed E-state index contributed by atoms with van der Waals surface area (Å²) >= 11 is 0. The summed E-state index contributed by atoms with van der Waals surface area (Å²) in [6.07, 6.45) is 2.11. The fourth-order valence-electron chi connectivity index (χ4n) is 1.92. The molecule has 0 aromatic heterocycles. The molecule has 128 valence electrons. The van der Waals surface area contributed by atoms with E-state index in [0.717, 1.165) is 12.8 Å². The fraction of sp³-hybridized carbons (Fsp3) is 0.800. The van der Waals surface area contributed by atoms with E-state index >= 15 is 0 Å². The van der Waals surface area contributed by atoms with Crippen molar-refractivity contribution < 1.29 is 19.6 Å². The zero-order chi connectivity index (χ0) is 17.3. The third-order valence-electron chi connectivity index (χ3n) is 3.08. The topological polar surface area (TPSA) is 108 Å². The van der Waals surface area contributed by atoms with E-state index in [9.17, 15) is 14.4 Å². The van der Waals surface area contributed by atoms with E-state index < -0.39 is 17.9 Å². The Morgan fingerprint density at radius 3 is 2.18 bits per heavy atom. The van der Waals surface area contributed by atoms with Crippen LogP contribution >= 0.6 is 0 Å². The maximum atomic E-state index is 12.2. The van der Waals surface area contributed by atoms with Gasteiger partial charge in [0.15, 0.2) is 0 Å². The minimum atomic E-state index is -0.687. The van der Waals surface area contributed by atoms with Crippen molar-refractivity contribution in [3.63, 3.8) is 0 Å². The summed E-state index contributed by atoms with van der Waals surface area (Å²) in [5.41, 5.74) is 1.16. The lowest BCUT2D eigenvalue weighted by atomic mass is 9.96. The lowest BCUT2D eigenvalue weighted by Crippen LogP contribution is -2.52. The summed E-state index contributed by atoms with van der Waals surface area (Å²) in [4.78, 5) is 35.5. The SMILES string of the molecule is CCCC[C@H](CC(=O)NO)C(=O)NC(C)C(=O)NC(C)(C)C. The van der Waals surface area contributed by atoms with Crippen molar-refractivity contribution in [3.05, 3.63) is 0 Å². The number of unbranched alkanes of at least 4 members (excludes halogenated alkanes) is 1. The monoisotopic (exact) mass is 315 g/mol. The highest BCUT2D eigenvalue weighted by Crippen LogP contribution is 2.13. The van der Waals surface area contributed by atoms with Crippen molar-refractivity contribution in [2.75, 3.05) is 0 Å². The summed E-state index contributed by atoms with van der Waals surface area (Å²) in [6, 6.07) is -0.687. The van der Waals surface area contributed by atoms with E-state index in [4.69, 9.17) is 5.21 Å². The summed E-state index contributed by atoms with van der Waals surface area (Å²) < 4.78 is 0. The first-order valence-corrected chi connectivity index (χ1v) is 7.66. The van der Waals surface area contributed by atoms with Gasteiger partial charge >= 0.3 is 0 Å². The zero-order valence-electron chi connectivity index (χ0n) is 14.2. The van der Waals surface area contributed by atoms with Crippen LogP contribution in [0.3, 0.4) is 0 Å². The van der Waals surface area contributed by atoms with Crippen LogP contribution in [0.5, 0.6) is 0 Å². The first kappa shape index (κ1) is 20.4. The molecule has 2 atom stereocenters. The van der Waals surface area contributed by atoms with E-state index in [1.807, 2.05) is 27.7 Å². The zero-order valence-corrected chi connectivity index (χ0v) is 14.2. The van der Waals surface area contributed by atoms with Crippen LogP contribution in [0, 0.1) is 5.92 Å². The Kier molecular flexibility index (Phi) is 8.70. The average molecular weight is 315 g/mol. The second-order valence-corrected chi connectivity index (χ2v) is 6.55. The molecule has 0 aliphatic heterocycles. The molecule has 0 aromatic carbocycles. The molecule has 0 spiro atoms. The van der Waals surface area contributed by atoms with Crippen molar-refractivity contribution in [2.45, 2.75) is 71.9 Å². The van der Waals surface area contributed by atoms with Crippen molar-refractivity contribution >= 4 is 17.7 Å². The van der Waals surface area contributed by atoms with Gasteiger partial charge in [0.25, 0.3) is 0 Å². The van der Waals surface area contributed by atoms with Crippen LogP contribution in [0.1, 0.15) is 60.3 Å². The molecule has 0 bridgehead atoms. The number of amides is 3. The fourth-order valence-corrected chi connectivity index (χ4v) is 1.92. The predicted octanol–water partition coefficient (Wildman–Crippen LogP) is 1.11. The van der Waals surface area contributed by atoms with Gasteiger partial charge in [0, 0.05) is 17.9 Å². The molecule has 1 unspecified atom stereocenters. The lowest BCUT2D eigenvalue weighted by Gasteiger charge is -2.25. The molecule has 0 saturated heterocycles. The molecule has 7 nitrogen and oxygen atoms in total. The molecular weight excluding hydrogens is 286 g/mol. The van der Waals surface area contributed by atoms with Crippen molar-refractivity contribution in [1.29, 1.82) is 0 Å². The Morgan fingerprint density at radius 1 is 1.14 bits per heavy atom. The number of hydrogen-bond acceptors (Lipinski definition) is 4. The molecule has 0 rings (SSSR count). The van der Waals surface area contributed by atoms with E-state index in [1.54, 1.807) is 6.92 Å². The minimum Gasteiger partial charge on any atom is -0.350 e. The molecule has 0 radical (unpaired) electrons. The van der Waals surface area contributed by atoms with Gasteiger partial charge in [-0.15, -0.1) is 0 Å². The molecular formula is C15H29N3O4. The van der Waals surface area contributed by atoms with Gasteiger partial charge < -0.3 is 10.6 Å². The van der Waals surface area contributed by atoms with Crippen LogP contribution in [-0.2, 0) is 14.4 Å². The van der Waals surface area contributed by atoms with Gasteiger partial charge in [0.1, 0.15) is 6.04 Å². The second kappa shape index (κ2) is 9.40. The van der Waals surface area contributed by atoms with Crippen molar-refractivity contribution in [1.82, 2.24) is 16.1 Å². The van der Waals surface area contributed by atoms with E-state index in [2.05, 4.69) is 10.6 Å². The van der Waals surface area contributed by atoms with Gasteiger partial charge in [-0.3, -0.25) is 19.6 Å². The van der Waals surface area contributed by atoms with Gasteiger partial charge in [0.05, 0.1) is 0 Å². The van der Waals surface area contributed by atoms with Crippen molar-refractivity contribution in [2.24, 2.45) is 5.92 Å². The summed E-state index contributed by atoms with van der Waals surface area (Å²) in [6.45, 7) is 9.15. The predicted molar refractivity (Wildman–Crippen MR) is 83.1 cm³/mol. The molecule has 0 aromatic rings. The van der Waals surface area contributed by atoms with Crippen LogP contribution in [0.25, 0.3) is 0 Å². The van der Waals surface area contributed by atoms with Crippen LogP contribution in [0.15, 0.2) is 0 Å². The third kappa shape index (κ3) is 8.61. The molecule has 0 heterocycles. The maximum absolute atomic E-state index is 12.2. The normalized spacial score (nSPS) is 13.9. The Morgan fingerprint density at radius 2 is 1.73 bits per heavy atom. The highest BCUT2D eigenvalue weighted by atomic mass is 16.5. The largest absolute Gasteiger partial charge is 0.350 e. The Bertz CT molecular complexity index is 391. The molecule has 22 heavy (non-hydrogen) atoms. The van der Waals surface area contributed by atoms with Crippen LogP contribution in [0.4, 0.5) is 0 Å². The first-order valence-electron chi connectivity index (χ1n) is 7.66.